The smallest absolute Gasteiger partial charge is 0.305 e. The Morgan fingerprint density at radius 3 is 1.30 bits per heavy atom. The van der Waals surface area contributed by atoms with E-state index < -0.39 is 0 Å². The zero-order valence-corrected chi connectivity index (χ0v) is 28.6. The molecule has 0 radical (unpaired) electrons. The molecule has 3 atom stereocenters. The predicted molar refractivity (Wildman–Crippen MR) is 178 cm³/mol. The van der Waals surface area contributed by atoms with Crippen LogP contribution in [0.3, 0.4) is 0 Å². The van der Waals surface area contributed by atoms with Crippen LogP contribution in [0.2, 0.25) is 0 Å². The van der Waals surface area contributed by atoms with Crippen LogP contribution in [0.4, 0.5) is 0 Å². The molecule has 1 heterocycles. The average molecular weight is 626 g/mol. The lowest BCUT2D eigenvalue weighted by Gasteiger charge is -2.14. The number of carbonyl (C=O) groups is 3. The van der Waals surface area contributed by atoms with Crippen LogP contribution in [0.1, 0.15) is 143 Å². The summed E-state index contributed by atoms with van der Waals surface area (Å²) in [4.78, 5) is 36.0. The SMILES string of the molecule is CC1CCCCCCC(=O)OCCNC(C)CCCCCCC(=O)OCCNC(C)CCCCCCCC(=O)OCCNC1. The van der Waals surface area contributed by atoms with E-state index in [1.54, 1.807) is 0 Å². The van der Waals surface area contributed by atoms with Crippen LogP contribution in [-0.2, 0) is 28.6 Å². The molecule has 0 saturated carbocycles. The third-order valence-corrected chi connectivity index (χ3v) is 8.36. The molecule has 1 rings (SSSR count). The minimum Gasteiger partial charge on any atom is -0.464 e. The molecule has 1 saturated heterocycles. The number of hydrogen-bond donors (Lipinski definition) is 3. The highest BCUT2D eigenvalue weighted by atomic mass is 16.5. The first-order valence-corrected chi connectivity index (χ1v) is 18.0. The van der Waals surface area contributed by atoms with Crippen LogP contribution in [0.25, 0.3) is 0 Å². The highest BCUT2D eigenvalue weighted by Gasteiger charge is 2.08. The zero-order chi connectivity index (χ0) is 32.1. The molecule has 0 aromatic carbocycles. The molecule has 3 N–H and O–H groups in total. The van der Waals surface area contributed by atoms with E-state index in [4.69, 9.17) is 14.2 Å². The minimum absolute atomic E-state index is 0.0947. The lowest BCUT2D eigenvalue weighted by molar-refractivity contribution is -0.144. The van der Waals surface area contributed by atoms with Crippen molar-refractivity contribution in [2.24, 2.45) is 5.92 Å². The van der Waals surface area contributed by atoms with Crippen LogP contribution in [0.15, 0.2) is 0 Å². The molecule has 1 aliphatic heterocycles. The average Bonchev–Trinajstić information content (AvgIpc) is 2.99. The minimum atomic E-state index is -0.103. The fraction of sp³-hybridized carbons (Fsp3) is 0.914. The highest BCUT2D eigenvalue weighted by molar-refractivity contribution is 5.69. The van der Waals surface area contributed by atoms with E-state index in [1.807, 2.05) is 0 Å². The Bertz CT molecular complexity index is 723. The first-order valence-electron chi connectivity index (χ1n) is 18.0. The van der Waals surface area contributed by atoms with E-state index in [1.165, 1.54) is 6.42 Å². The Kier molecular flexibility index (Phi) is 26.3. The van der Waals surface area contributed by atoms with Gasteiger partial charge in [-0.1, -0.05) is 71.1 Å². The summed E-state index contributed by atoms with van der Waals surface area (Å²) in [7, 11) is 0. The largest absolute Gasteiger partial charge is 0.464 e. The third kappa shape index (κ3) is 26.7. The molecule has 9 nitrogen and oxygen atoms in total. The van der Waals surface area contributed by atoms with Crippen LogP contribution in [0.5, 0.6) is 0 Å². The fourth-order valence-electron chi connectivity index (χ4n) is 5.49. The van der Waals surface area contributed by atoms with Crippen molar-refractivity contribution in [3.8, 4) is 0 Å². The van der Waals surface area contributed by atoms with Gasteiger partial charge in [0.1, 0.15) is 19.8 Å². The monoisotopic (exact) mass is 626 g/mol. The molecule has 0 aliphatic carbocycles. The van der Waals surface area contributed by atoms with Gasteiger partial charge in [0, 0.05) is 51.0 Å². The summed E-state index contributed by atoms with van der Waals surface area (Å²) in [6, 6.07) is 0.785. The van der Waals surface area contributed by atoms with Crippen LogP contribution >= 0.6 is 0 Å². The predicted octanol–water partition coefficient (Wildman–Crippen LogP) is 6.22. The molecule has 0 bridgehead atoms. The maximum absolute atomic E-state index is 12.0. The Morgan fingerprint density at radius 1 is 0.477 bits per heavy atom. The van der Waals surface area contributed by atoms with Gasteiger partial charge in [0.2, 0.25) is 0 Å². The van der Waals surface area contributed by atoms with Crippen molar-refractivity contribution in [3.63, 3.8) is 0 Å². The van der Waals surface area contributed by atoms with Crippen molar-refractivity contribution in [3.05, 3.63) is 0 Å². The summed E-state index contributed by atoms with van der Waals surface area (Å²) in [6.07, 6.45) is 18.6. The quantitative estimate of drug-likeness (QED) is 0.213. The van der Waals surface area contributed by atoms with Gasteiger partial charge in [-0.15, -0.1) is 0 Å². The van der Waals surface area contributed by atoms with E-state index in [0.717, 1.165) is 103 Å². The summed E-state index contributed by atoms with van der Waals surface area (Å²) in [5.41, 5.74) is 0. The van der Waals surface area contributed by atoms with Crippen LogP contribution < -0.4 is 16.0 Å². The Balaban J connectivity index is 2.28. The third-order valence-electron chi connectivity index (χ3n) is 8.36. The highest BCUT2D eigenvalue weighted by Crippen LogP contribution is 2.12. The molecular formula is C35H67N3O6. The van der Waals surface area contributed by atoms with Gasteiger partial charge in [-0.3, -0.25) is 14.4 Å². The molecule has 0 spiro atoms. The van der Waals surface area contributed by atoms with Crippen molar-refractivity contribution < 1.29 is 28.6 Å². The van der Waals surface area contributed by atoms with E-state index in [-0.39, 0.29) is 17.9 Å². The van der Waals surface area contributed by atoms with Crippen molar-refractivity contribution in [1.82, 2.24) is 16.0 Å². The number of ether oxygens (including phenoxy) is 3. The summed E-state index contributed by atoms with van der Waals surface area (Å²) in [5.74, 6) is 0.280. The maximum Gasteiger partial charge on any atom is 0.305 e. The van der Waals surface area contributed by atoms with Crippen LogP contribution in [-0.4, -0.2) is 76.0 Å². The van der Waals surface area contributed by atoms with Gasteiger partial charge >= 0.3 is 17.9 Å². The summed E-state index contributed by atoms with van der Waals surface area (Å²) in [5, 5.41) is 10.3. The lowest BCUT2D eigenvalue weighted by atomic mass is 10.0. The van der Waals surface area contributed by atoms with Gasteiger partial charge in [-0.25, -0.2) is 0 Å². The summed E-state index contributed by atoms with van der Waals surface area (Å²) < 4.78 is 16.1. The molecule has 9 heteroatoms. The van der Waals surface area contributed by atoms with Gasteiger partial charge in [0.05, 0.1) is 0 Å². The Hall–Kier alpha value is -1.71. The van der Waals surface area contributed by atoms with Crippen molar-refractivity contribution in [2.45, 2.75) is 155 Å². The van der Waals surface area contributed by atoms with Crippen molar-refractivity contribution in [2.75, 3.05) is 46.0 Å². The second-order valence-electron chi connectivity index (χ2n) is 12.9. The van der Waals surface area contributed by atoms with E-state index in [9.17, 15) is 14.4 Å². The van der Waals surface area contributed by atoms with Gasteiger partial charge in [-0.05, 0) is 64.8 Å². The van der Waals surface area contributed by atoms with Crippen molar-refractivity contribution in [1.29, 1.82) is 0 Å². The lowest BCUT2D eigenvalue weighted by Crippen LogP contribution is -2.30. The second-order valence-corrected chi connectivity index (χ2v) is 12.9. The molecule has 0 aromatic heterocycles. The van der Waals surface area contributed by atoms with Gasteiger partial charge in [0.25, 0.3) is 0 Å². The molecular weight excluding hydrogens is 558 g/mol. The molecule has 0 aromatic rings. The second kappa shape index (κ2) is 28.7. The zero-order valence-electron chi connectivity index (χ0n) is 28.6. The number of cyclic esters (lactones) is 3. The Morgan fingerprint density at radius 2 is 0.841 bits per heavy atom. The molecule has 3 unspecified atom stereocenters. The van der Waals surface area contributed by atoms with Gasteiger partial charge in [-0.2, -0.15) is 0 Å². The van der Waals surface area contributed by atoms with E-state index in [0.29, 0.717) is 76.7 Å². The van der Waals surface area contributed by atoms with Crippen LogP contribution in [0, 0.1) is 5.92 Å². The molecule has 44 heavy (non-hydrogen) atoms. The normalized spacial score (nSPS) is 27.1. The number of nitrogens with one attached hydrogen (secondary N) is 3. The van der Waals surface area contributed by atoms with Gasteiger partial charge < -0.3 is 30.2 Å². The fourth-order valence-corrected chi connectivity index (χ4v) is 5.49. The number of esters is 3. The molecule has 258 valence electrons. The first-order chi connectivity index (χ1) is 21.4. The number of hydrogen-bond acceptors (Lipinski definition) is 9. The van der Waals surface area contributed by atoms with Gasteiger partial charge in [0.15, 0.2) is 0 Å². The van der Waals surface area contributed by atoms with E-state index in [2.05, 4.69) is 36.7 Å². The Labute approximate surface area is 269 Å². The number of rotatable bonds is 0. The standard InChI is InChI=1S/C35H67N3O6/c1-30-17-11-7-9-15-21-34(40)43-28-25-38-32(3)19-13-8-10-16-22-35(41)44-27-24-37-31(2)18-12-5-4-6-14-20-33(39)42-26-23-36-29-30/h30-32,36-38H,4-29H2,1-3H3. The van der Waals surface area contributed by atoms with E-state index >= 15 is 0 Å². The maximum atomic E-state index is 12.0. The number of carbonyl (C=O) groups excluding carboxylic acids is 3. The molecule has 1 aliphatic rings. The molecule has 1 fully saturated rings. The first kappa shape index (κ1) is 40.3. The summed E-state index contributed by atoms with van der Waals surface area (Å²) >= 11 is 0. The summed E-state index contributed by atoms with van der Waals surface area (Å²) in [6.45, 7) is 10.9. The molecule has 0 amide bonds. The topological polar surface area (TPSA) is 115 Å². The van der Waals surface area contributed by atoms with Crippen molar-refractivity contribution >= 4 is 17.9 Å².